The molecule has 2 aliphatic rings. The number of nitrogens with zero attached hydrogens (tertiary/aromatic N) is 4. The maximum Gasteiger partial charge on any atom is 0.490 e. The van der Waals surface area contributed by atoms with Gasteiger partial charge in [-0.1, -0.05) is 0 Å². The van der Waals surface area contributed by atoms with Crippen LogP contribution in [0, 0.1) is 5.92 Å². The predicted octanol–water partition coefficient (Wildman–Crippen LogP) is 3.62. The number of fused-ring (bicyclic) bond motifs is 1. The SMILES string of the molecule is O=C(O)C(F)(F)F.O=C(O)C(F)(F)F.c1cc(-c2ncnc3c2CCN(CC2CC2)CC3)ccn1. The van der Waals surface area contributed by atoms with E-state index in [4.69, 9.17) is 19.8 Å². The number of pyridine rings is 1. The van der Waals surface area contributed by atoms with Crippen LogP contribution in [-0.2, 0) is 22.4 Å². The first-order chi connectivity index (χ1) is 16.3. The van der Waals surface area contributed by atoms with Gasteiger partial charge in [0, 0.05) is 55.3 Å². The number of aliphatic carboxylic acids is 2. The van der Waals surface area contributed by atoms with Gasteiger partial charge in [-0.2, -0.15) is 26.3 Å². The minimum absolute atomic E-state index is 0.956. The zero-order chi connectivity index (χ0) is 26.2. The van der Waals surface area contributed by atoms with E-state index in [9.17, 15) is 26.3 Å². The van der Waals surface area contributed by atoms with Crippen LogP contribution in [0.3, 0.4) is 0 Å². The lowest BCUT2D eigenvalue weighted by Gasteiger charge is -2.18. The van der Waals surface area contributed by atoms with Gasteiger partial charge in [-0.05, 0) is 37.3 Å². The Hall–Kier alpha value is -3.29. The first-order valence-electron chi connectivity index (χ1n) is 10.3. The van der Waals surface area contributed by atoms with E-state index in [2.05, 4.69) is 19.9 Å². The Bertz CT molecular complexity index is 974. The first kappa shape index (κ1) is 28.0. The fraction of sp³-hybridized carbons (Fsp3) is 0.476. The molecule has 3 heterocycles. The van der Waals surface area contributed by atoms with Gasteiger partial charge in [0.1, 0.15) is 6.33 Å². The molecule has 1 saturated carbocycles. The van der Waals surface area contributed by atoms with E-state index >= 15 is 0 Å². The van der Waals surface area contributed by atoms with Gasteiger partial charge in [0.25, 0.3) is 0 Å². The van der Waals surface area contributed by atoms with Crippen molar-refractivity contribution in [1.29, 1.82) is 0 Å². The van der Waals surface area contributed by atoms with Crippen molar-refractivity contribution in [2.24, 2.45) is 5.92 Å². The molecule has 2 aromatic rings. The minimum Gasteiger partial charge on any atom is -0.475 e. The quantitative estimate of drug-likeness (QED) is 0.604. The predicted molar refractivity (Wildman–Crippen MR) is 109 cm³/mol. The molecule has 0 radical (unpaired) electrons. The van der Waals surface area contributed by atoms with E-state index < -0.39 is 24.3 Å². The average molecular weight is 508 g/mol. The largest absolute Gasteiger partial charge is 0.490 e. The summed E-state index contributed by atoms with van der Waals surface area (Å²) in [6.45, 7) is 3.54. The second-order valence-corrected chi connectivity index (χ2v) is 7.73. The fourth-order valence-corrected chi connectivity index (χ4v) is 3.18. The van der Waals surface area contributed by atoms with Crippen molar-refractivity contribution in [3.05, 3.63) is 42.1 Å². The number of aromatic nitrogens is 3. The summed E-state index contributed by atoms with van der Waals surface area (Å²) in [6.07, 6.45) is 0.158. The molecule has 0 aromatic carbocycles. The monoisotopic (exact) mass is 508 g/mol. The smallest absolute Gasteiger partial charge is 0.475 e. The van der Waals surface area contributed by atoms with Crippen LogP contribution >= 0.6 is 0 Å². The Kier molecular flexibility index (Phi) is 9.51. The van der Waals surface area contributed by atoms with Gasteiger partial charge in [-0.25, -0.2) is 19.6 Å². The molecule has 2 N–H and O–H groups in total. The number of halogens is 6. The molecular weight excluding hydrogens is 486 g/mol. The lowest BCUT2D eigenvalue weighted by Crippen LogP contribution is -2.28. The highest BCUT2D eigenvalue weighted by Crippen LogP contribution is 2.31. The average Bonchev–Trinajstić information content (AvgIpc) is 3.61. The second kappa shape index (κ2) is 11.9. The molecule has 35 heavy (non-hydrogen) atoms. The lowest BCUT2D eigenvalue weighted by atomic mass is 10.0. The van der Waals surface area contributed by atoms with E-state index in [0.717, 1.165) is 43.1 Å². The van der Waals surface area contributed by atoms with Crippen LogP contribution in [0.2, 0.25) is 0 Å². The summed E-state index contributed by atoms with van der Waals surface area (Å²) >= 11 is 0. The van der Waals surface area contributed by atoms with Crippen molar-refractivity contribution in [1.82, 2.24) is 19.9 Å². The number of carboxylic acids is 2. The number of hydrogen-bond acceptors (Lipinski definition) is 6. The summed E-state index contributed by atoms with van der Waals surface area (Å²) in [5.74, 6) is -4.56. The van der Waals surface area contributed by atoms with E-state index in [0.29, 0.717) is 0 Å². The molecule has 0 unspecified atom stereocenters. The van der Waals surface area contributed by atoms with Crippen molar-refractivity contribution in [3.8, 4) is 11.3 Å². The van der Waals surface area contributed by atoms with Crippen LogP contribution in [0.4, 0.5) is 26.3 Å². The summed E-state index contributed by atoms with van der Waals surface area (Å²) in [5.41, 5.74) is 4.81. The molecule has 0 spiro atoms. The molecule has 0 saturated heterocycles. The van der Waals surface area contributed by atoms with Crippen molar-refractivity contribution in [2.75, 3.05) is 19.6 Å². The number of rotatable bonds is 3. The first-order valence-corrected chi connectivity index (χ1v) is 10.3. The van der Waals surface area contributed by atoms with Gasteiger partial charge in [-0.15, -0.1) is 0 Å². The summed E-state index contributed by atoms with van der Waals surface area (Å²) in [5, 5.41) is 14.2. The lowest BCUT2D eigenvalue weighted by molar-refractivity contribution is -0.193. The second-order valence-electron chi connectivity index (χ2n) is 7.73. The highest BCUT2D eigenvalue weighted by molar-refractivity contribution is 5.73. The van der Waals surface area contributed by atoms with Crippen molar-refractivity contribution in [3.63, 3.8) is 0 Å². The van der Waals surface area contributed by atoms with Crippen LogP contribution in [0.25, 0.3) is 11.3 Å². The van der Waals surface area contributed by atoms with Crippen LogP contribution in [-0.4, -0.2) is 74.0 Å². The van der Waals surface area contributed by atoms with Crippen LogP contribution in [0.15, 0.2) is 30.9 Å². The highest BCUT2D eigenvalue weighted by Gasteiger charge is 2.38. The molecule has 0 amide bonds. The Morgan fingerprint density at radius 2 is 1.43 bits per heavy atom. The maximum atomic E-state index is 10.6. The number of alkyl halides is 6. The molecular formula is C21H22F6N4O4. The van der Waals surface area contributed by atoms with Crippen LogP contribution in [0.5, 0.6) is 0 Å². The van der Waals surface area contributed by atoms with Crippen LogP contribution < -0.4 is 0 Å². The van der Waals surface area contributed by atoms with Gasteiger partial charge >= 0.3 is 24.3 Å². The topological polar surface area (TPSA) is 117 Å². The van der Waals surface area contributed by atoms with Gasteiger partial charge in [0.2, 0.25) is 0 Å². The standard InChI is InChI=1S/C17H20N4.2C2HF3O2/c1-2-13(1)11-21-9-5-15-16(6-10-21)19-12-20-17(15)14-3-7-18-8-4-14;2*3-2(4,5)1(6)7/h3-4,7-8,12-13H,1-2,5-6,9-11H2;2*(H,6,7). The zero-order valence-corrected chi connectivity index (χ0v) is 18.2. The third-order valence-corrected chi connectivity index (χ3v) is 5.03. The summed E-state index contributed by atoms with van der Waals surface area (Å²) in [4.78, 5) is 33.6. The Morgan fingerprint density at radius 3 is 1.91 bits per heavy atom. The Labute approximate surface area is 195 Å². The van der Waals surface area contributed by atoms with E-state index in [1.807, 2.05) is 24.5 Å². The molecule has 1 aliphatic heterocycles. The highest BCUT2D eigenvalue weighted by atomic mass is 19.4. The molecule has 192 valence electrons. The molecule has 1 fully saturated rings. The van der Waals surface area contributed by atoms with Crippen molar-refractivity contribution >= 4 is 11.9 Å². The Morgan fingerprint density at radius 1 is 0.914 bits per heavy atom. The Balaban J connectivity index is 0.000000257. The van der Waals surface area contributed by atoms with Gasteiger partial charge in [0.05, 0.1) is 5.69 Å². The van der Waals surface area contributed by atoms with E-state index in [-0.39, 0.29) is 0 Å². The molecule has 14 heteroatoms. The summed E-state index contributed by atoms with van der Waals surface area (Å²) in [6, 6.07) is 4.07. The summed E-state index contributed by atoms with van der Waals surface area (Å²) < 4.78 is 63.5. The fourth-order valence-electron chi connectivity index (χ4n) is 3.18. The zero-order valence-electron chi connectivity index (χ0n) is 18.2. The maximum absolute atomic E-state index is 10.6. The van der Waals surface area contributed by atoms with E-state index in [1.54, 1.807) is 6.33 Å². The minimum atomic E-state index is -5.08. The number of hydrogen-bond donors (Lipinski definition) is 2. The van der Waals surface area contributed by atoms with Crippen LogP contribution in [0.1, 0.15) is 24.1 Å². The number of carbonyl (C=O) groups is 2. The third kappa shape index (κ3) is 9.47. The normalized spacial score (nSPS) is 15.9. The van der Waals surface area contributed by atoms with Crippen molar-refractivity contribution < 1.29 is 46.1 Å². The van der Waals surface area contributed by atoms with Gasteiger partial charge in [0.15, 0.2) is 0 Å². The van der Waals surface area contributed by atoms with Gasteiger partial charge < -0.3 is 15.1 Å². The molecule has 0 bridgehead atoms. The molecule has 4 rings (SSSR count). The molecule has 8 nitrogen and oxygen atoms in total. The third-order valence-electron chi connectivity index (χ3n) is 5.03. The molecule has 1 aliphatic carbocycles. The van der Waals surface area contributed by atoms with E-state index in [1.165, 1.54) is 30.6 Å². The molecule has 2 aromatic heterocycles. The molecule has 0 atom stereocenters. The number of carboxylic acid groups (broad SMARTS) is 2. The van der Waals surface area contributed by atoms with Gasteiger partial charge in [-0.3, -0.25) is 4.98 Å². The van der Waals surface area contributed by atoms with Crippen molar-refractivity contribution in [2.45, 2.75) is 38.0 Å². The summed E-state index contributed by atoms with van der Waals surface area (Å²) in [7, 11) is 0.